The first kappa shape index (κ1) is 22.4. The number of para-hydroxylation sites is 2. The van der Waals surface area contributed by atoms with Gasteiger partial charge in [0, 0.05) is 11.1 Å². The lowest BCUT2D eigenvalue weighted by molar-refractivity contribution is 0.615. The Balaban J connectivity index is 1.58. The van der Waals surface area contributed by atoms with Crippen molar-refractivity contribution in [3.8, 4) is 28.2 Å². The second-order valence-electron chi connectivity index (χ2n) is 10.2. The molecule has 0 N–H and O–H groups in total. The van der Waals surface area contributed by atoms with Crippen LogP contribution in [0.15, 0.2) is 95.6 Å². The third-order valence-electron chi connectivity index (χ3n) is 6.92. The van der Waals surface area contributed by atoms with E-state index in [1.165, 1.54) is 27.8 Å². The molecule has 0 spiro atoms. The van der Waals surface area contributed by atoms with Crippen LogP contribution < -0.4 is 0 Å². The van der Waals surface area contributed by atoms with Gasteiger partial charge in [-0.25, -0.2) is 4.98 Å². The molecule has 3 nitrogen and oxygen atoms in total. The van der Waals surface area contributed by atoms with E-state index in [9.17, 15) is 0 Å². The van der Waals surface area contributed by atoms with Crippen LogP contribution in [-0.2, 0) is 6.42 Å². The van der Waals surface area contributed by atoms with Crippen LogP contribution in [0.2, 0.25) is 0 Å². The van der Waals surface area contributed by atoms with E-state index in [2.05, 4.69) is 111 Å². The lowest BCUT2D eigenvalue weighted by atomic mass is 9.95. The third-order valence-corrected chi connectivity index (χ3v) is 6.92. The fourth-order valence-electron chi connectivity index (χ4n) is 5.45. The van der Waals surface area contributed by atoms with Crippen molar-refractivity contribution in [2.75, 3.05) is 0 Å². The van der Waals surface area contributed by atoms with Gasteiger partial charge in [0.2, 0.25) is 0 Å². The quantitative estimate of drug-likeness (QED) is 0.252. The molecule has 2 aromatic heterocycles. The maximum atomic E-state index is 6.02. The predicted molar refractivity (Wildman–Crippen MR) is 150 cm³/mol. The maximum absolute atomic E-state index is 6.02. The van der Waals surface area contributed by atoms with E-state index in [0.29, 0.717) is 5.92 Å². The van der Waals surface area contributed by atoms with Gasteiger partial charge < -0.3 is 4.42 Å². The molecule has 0 aliphatic rings. The molecule has 0 saturated carbocycles. The SMILES string of the molecule is Cc1cc(-n2c(-c3coc4ccc(CC(C)C)cc34)nc3ccccc32)cc(C)c1-c1ccccc1. The third kappa shape index (κ3) is 3.81. The Morgan fingerprint density at radius 2 is 1.56 bits per heavy atom. The summed E-state index contributed by atoms with van der Waals surface area (Å²) in [4.78, 5) is 5.12. The Labute approximate surface area is 212 Å². The molecule has 4 aromatic carbocycles. The molecule has 0 fully saturated rings. The Hall–Kier alpha value is -4.11. The molecule has 3 heteroatoms. The molecule has 2 heterocycles. The fraction of sp³-hybridized carbons (Fsp3) is 0.182. The maximum Gasteiger partial charge on any atom is 0.149 e. The number of hydrogen-bond donors (Lipinski definition) is 0. The minimum Gasteiger partial charge on any atom is -0.464 e. The van der Waals surface area contributed by atoms with Gasteiger partial charge in [-0.15, -0.1) is 0 Å². The monoisotopic (exact) mass is 470 g/mol. The highest BCUT2D eigenvalue weighted by Crippen LogP contribution is 2.37. The molecule has 0 saturated heterocycles. The molecule has 6 rings (SSSR count). The van der Waals surface area contributed by atoms with Crippen LogP contribution in [0.4, 0.5) is 0 Å². The number of imidazole rings is 1. The van der Waals surface area contributed by atoms with Gasteiger partial charge >= 0.3 is 0 Å². The summed E-state index contributed by atoms with van der Waals surface area (Å²) < 4.78 is 8.30. The molecular weight excluding hydrogens is 440 g/mol. The number of nitrogens with zero attached hydrogens (tertiary/aromatic N) is 2. The molecule has 0 amide bonds. The first-order valence-electron chi connectivity index (χ1n) is 12.6. The zero-order chi connectivity index (χ0) is 24.8. The van der Waals surface area contributed by atoms with Crippen molar-refractivity contribution in [1.29, 1.82) is 0 Å². The van der Waals surface area contributed by atoms with E-state index in [4.69, 9.17) is 9.40 Å². The molecule has 36 heavy (non-hydrogen) atoms. The van der Waals surface area contributed by atoms with Crippen molar-refractivity contribution >= 4 is 22.0 Å². The van der Waals surface area contributed by atoms with Gasteiger partial charge in [-0.05, 0) is 90.4 Å². The van der Waals surface area contributed by atoms with Gasteiger partial charge in [-0.3, -0.25) is 4.57 Å². The Morgan fingerprint density at radius 3 is 2.31 bits per heavy atom. The standard InChI is InChI=1S/C33H30N2O/c1-21(2)16-24-14-15-31-27(19-24)28(20-36-31)33-34-29-12-8-9-13-30(29)35(33)26-17-22(3)32(23(4)18-26)25-10-6-5-7-11-25/h5-15,17-21H,16H2,1-4H3. The lowest BCUT2D eigenvalue weighted by Crippen LogP contribution is -2.00. The number of furan rings is 1. The lowest BCUT2D eigenvalue weighted by Gasteiger charge is -2.16. The van der Waals surface area contributed by atoms with Gasteiger partial charge in [-0.2, -0.15) is 0 Å². The summed E-state index contributed by atoms with van der Waals surface area (Å²) in [5.74, 6) is 1.50. The van der Waals surface area contributed by atoms with Gasteiger partial charge in [0.15, 0.2) is 0 Å². The van der Waals surface area contributed by atoms with E-state index >= 15 is 0 Å². The molecule has 0 unspecified atom stereocenters. The molecule has 178 valence electrons. The first-order chi connectivity index (χ1) is 17.5. The normalized spacial score (nSPS) is 11.7. The molecule has 0 radical (unpaired) electrons. The molecular formula is C33H30N2O. The van der Waals surface area contributed by atoms with Crippen LogP contribution in [0.25, 0.3) is 50.2 Å². The molecule has 0 bridgehead atoms. The number of fused-ring (bicyclic) bond motifs is 2. The highest BCUT2D eigenvalue weighted by molar-refractivity contribution is 5.95. The Morgan fingerprint density at radius 1 is 0.833 bits per heavy atom. The van der Waals surface area contributed by atoms with Crippen LogP contribution in [0.1, 0.15) is 30.5 Å². The predicted octanol–water partition coefficient (Wildman–Crippen LogP) is 8.92. The summed E-state index contributed by atoms with van der Waals surface area (Å²) in [6, 6.07) is 30.1. The number of aromatic nitrogens is 2. The van der Waals surface area contributed by atoms with Crippen molar-refractivity contribution in [1.82, 2.24) is 9.55 Å². The largest absolute Gasteiger partial charge is 0.464 e. The minimum absolute atomic E-state index is 0.594. The van der Waals surface area contributed by atoms with E-state index in [1.54, 1.807) is 0 Å². The summed E-state index contributed by atoms with van der Waals surface area (Å²) in [6.07, 6.45) is 2.90. The summed E-state index contributed by atoms with van der Waals surface area (Å²) in [7, 11) is 0. The van der Waals surface area contributed by atoms with Crippen LogP contribution >= 0.6 is 0 Å². The summed E-state index contributed by atoms with van der Waals surface area (Å²) >= 11 is 0. The zero-order valence-corrected chi connectivity index (χ0v) is 21.2. The van der Waals surface area contributed by atoms with Crippen molar-refractivity contribution < 1.29 is 4.42 Å². The van der Waals surface area contributed by atoms with Crippen LogP contribution in [0.3, 0.4) is 0 Å². The van der Waals surface area contributed by atoms with Crippen molar-refractivity contribution in [2.45, 2.75) is 34.1 Å². The van der Waals surface area contributed by atoms with E-state index in [-0.39, 0.29) is 0 Å². The summed E-state index contributed by atoms with van der Waals surface area (Å²) in [6.45, 7) is 8.90. The highest BCUT2D eigenvalue weighted by Gasteiger charge is 2.20. The topological polar surface area (TPSA) is 31.0 Å². The summed E-state index contributed by atoms with van der Waals surface area (Å²) in [5, 5.41) is 1.11. The van der Waals surface area contributed by atoms with E-state index in [0.717, 1.165) is 45.5 Å². The molecule has 0 atom stereocenters. The average molecular weight is 471 g/mol. The van der Waals surface area contributed by atoms with E-state index in [1.807, 2.05) is 12.3 Å². The summed E-state index contributed by atoms with van der Waals surface area (Å²) in [5.41, 5.74) is 11.4. The van der Waals surface area contributed by atoms with Crippen LogP contribution in [-0.4, -0.2) is 9.55 Å². The molecule has 6 aromatic rings. The fourth-order valence-corrected chi connectivity index (χ4v) is 5.45. The Kier molecular flexibility index (Phi) is 5.49. The minimum atomic E-state index is 0.594. The molecule has 0 aliphatic carbocycles. The second kappa shape index (κ2) is 8.83. The zero-order valence-electron chi connectivity index (χ0n) is 21.2. The number of hydrogen-bond acceptors (Lipinski definition) is 2. The van der Waals surface area contributed by atoms with Crippen molar-refractivity contribution in [3.05, 3.63) is 108 Å². The first-order valence-corrected chi connectivity index (χ1v) is 12.6. The average Bonchev–Trinajstić information content (AvgIpc) is 3.45. The number of rotatable bonds is 5. The van der Waals surface area contributed by atoms with Crippen LogP contribution in [0.5, 0.6) is 0 Å². The van der Waals surface area contributed by atoms with Gasteiger partial charge in [-0.1, -0.05) is 62.4 Å². The second-order valence-corrected chi connectivity index (χ2v) is 10.2. The van der Waals surface area contributed by atoms with Crippen molar-refractivity contribution in [3.63, 3.8) is 0 Å². The van der Waals surface area contributed by atoms with E-state index < -0.39 is 0 Å². The van der Waals surface area contributed by atoms with Crippen molar-refractivity contribution in [2.24, 2.45) is 5.92 Å². The number of benzene rings is 4. The highest BCUT2D eigenvalue weighted by atomic mass is 16.3. The molecule has 0 aliphatic heterocycles. The smallest absolute Gasteiger partial charge is 0.149 e. The van der Waals surface area contributed by atoms with Crippen LogP contribution in [0, 0.1) is 19.8 Å². The van der Waals surface area contributed by atoms with Gasteiger partial charge in [0.05, 0.1) is 16.6 Å². The number of aryl methyl sites for hydroxylation is 2. The Bertz CT molecular complexity index is 1680. The van der Waals surface area contributed by atoms with Gasteiger partial charge in [0.25, 0.3) is 0 Å². The van der Waals surface area contributed by atoms with Gasteiger partial charge in [0.1, 0.15) is 17.7 Å².